The quantitative estimate of drug-likeness (QED) is 0.847. The largest absolute Gasteiger partial charge is 0.390 e. The van der Waals surface area contributed by atoms with Crippen LogP contribution in [0.25, 0.3) is 0 Å². The van der Waals surface area contributed by atoms with Gasteiger partial charge in [-0.3, -0.25) is 0 Å². The molecule has 2 saturated heterocycles. The first kappa shape index (κ1) is 18.8. The van der Waals surface area contributed by atoms with E-state index >= 15 is 0 Å². The maximum Gasteiger partial charge on any atom is 0.147 e. The summed E-state index contributed by atoms with van der Waals surface area (Å²) in [5.74, 6) is 3.32. The summed E-state index contributed by atoms with van der Waals surface area (Å²) in [7, 11) is 0. The van der Waals surface area contributed by atoms with Crippen molar-refractivity contribution < 1.29 is 5.11 Å². The number of nitrogens with zero attached hydrogens (tertiary/aromatic N) is 5. The van der Waals surface area contributed by atoms with Gasteiger partial charge in [-0.15, -0.1) is 0 Å². The summed E-state index contributed by atoms with van der Waals surface area (Å²) in [6.45, 7) is 13.4. The summed E-state index contributed by atoms with van der Waals surface area (Å²) in [6, 6.07) is 0. The van der Waals surface area contributed by atoms with Crippen LogP contribution in [0.1, 0.15) is 44.3 Å². The van der Waals surface area contributed by atoms with E-state index in [2.05, 4.69) is 31.5 Å². The Balaban J connectivity index is 1.44. The summed E-state index contributed by atoms with van der Waals surface area (Å²) >= 11 is 0. The minimum absolute atomic E-state index is 0.234. The van der Waals surface area contributed by atoms with Gasteiger partial charge in [0, 0.05) is 26.2 Å². The standard InChI is InChI=1S/C19H35N5O/c1-15-6-9-22(10-7-15)13-19(25)14-23-8-4-5-18(11-23)12-24-17(3)20-16(2)21-24/h15,18-19,25H,4-14H2,1-3H3/t18-,19-/m0/s1. The Morgan fingerprint density at radius 3 is 2.48 bits per heavy atom. The molecule has 2 aliphatic rings. The van der Waals surface area contributed by atoms with Crippen LogP contribution >= 0.6 is 0 Å². The van der Waals surface area contributed by atoms with Crippen LogP contribution in [0.2, 0.25) is 0 Å². The molecule has 1 aromatic rings. The second-order valence-electron chi connectivity index (χ2n) is 8.29. The number of aliphatic hydroxyl groups excluding tert-OH is 1. The van der Waals surface area contributed by atoms with Gasteiger partial charge in [-0.25, -0.2) is 9.67 Å². The molecule has 0 saturated carbocycles. The van der Waals surface area contributed by atoms with Crippen LogP contribution in [0.15, 0.2) is 0 Å². The molecule has 1 aromatic heterocycles. The number of aryl methyl sites for hydroxylation is 2. The van der Waals surface area contributed by atoms with Crippen molar-refractivity contribution in [1.29, 1.82) is 0 Å². The highest BCUT2D eigenvalue weighted by Crippen LogP contribution is 2.20. The first-order valence-corrected chi connectivity index (χ1v) is 10.0. The van der Waals surface area contributed by atoms with Crippen LogP contribution in [0, 0.1) is 25.7 Å². The minimum atomic E-state index is -0.234. The number of β-amino-alcohol motifs (C(OH)–C–C–N with tert-alkyl or cyclic N) is 1. The first-order valence-electron chi connectivity index (χ1n) is 10.0. The maximum absolute atomic E-state index is 10.5. The molecule has 3 heterocycles. The lowest BCUT2D eigenvalue weighted by Gasteiger charge is -2.36. The Kier molecular flexibility index (Phi) is 6.47. The zero-order valence-corrected chi connectivity index (χ0v) is 16.2. The summed E-state index contributed by atoms with van der Waals surface area (Å²) in [4.78, 5) is 9.29. The average Bonchev–Trinajstić information content (AvgIpc) is 2.87. The molecule has 2 atom stereocenters. The zero-order chi connectivity index (χ0) is 17.8. The Morgan fingerprint density at radius 1 is 1.08 bits per heavy atom. The topological polar surface area (TPSA) is 57.4 Å². The number of hydrogen-bond donors (Lipinski definition) is 1. The highest BCUT2D eigenvalue weighted by atomic mass is 16.3. The Labute approximate surface area is 152 Å². The second kappa shape index (κ2) is 8.60. The number of aliphatic hydroxyl groups is 1. The van der Waals surface area contributed by atoms with Crippen molar-refractivity contribution in [2.75, 3.05) is 39.3 Å². The van der Waals surface area contributed by atoms with Gasteiger partial charge in [0.25, 0.3) is 0 Å². The summed E-state index contributed by atoms with van der Waals surface area (Å²) in [5.41, 5.74) is 0. The second-order valence-corrected chi connectivity index (χ2v) is 8.29. The molecule has 0 aliphatic carbocycles. The van der Waals surface area contributed by atoms with Crippen LogP contribution in [-0.4, -0.2) is 75.0 Å². The van der Waals surface area contributed by atoms with Crippen molar-refractivity contribution in [3.8, 4) is 0 Å². The normalized spacial score (nSPS) is 25.4. The number of rotatable bonds is 6. The lowest BCUT2D eigenvalue weighted by molar-refractivity contribution is 0.0455. The van der Waals surface area contributed by atoms with Crippen molar-refractivity contribution in [2.45, 2.75) is 59.1 Å². The summed E-state index contributed by atoms with van der Waals surface area (Å²) in [6.07, 6.45) is 4.77. The van der Waals surface area contributed by atoms with Crippen LogP contribution in [-0.2, 0) is 6.54 Å². The fraction of sp³-hybridized carbons (Fsp3) is 0.895. The number of likely N-dealkylation sites (tertiary alicyclic amines) is 2. The van der Waals surface area contributed by atoms with E-state index in [1.165, 1.54) is 25.7 Å². The Morgan fingerprint density at radius 2 is 1.80 bits per heavy atom. The van der Waals surface area contributed by atoms with E-state index in [1.54, 1.807) is 0 Å². The maximum atomic E-state index is 10.5. The predicted octanol–water partition coefficient (Wildman–Crippen LogP) is 1.70. The third-order valence-corrected chi connectivity index (χ3v) is 5.81. The summed E-state index contributed by atoms with van der Waals surface area (Å²) < 4.78 is 2.05. The molecular weight excluding hydrogens is 314 g/mol. The monoisotopic (exact) mass is 349 g/mol. The van der Waals surface area contributed by atoms with E-state index in [9.17, 15) is 5.11 Å². The number of hydrogen-bond acceptors (Lipinski definition) is 5. The predicted molar refractivity (Wildman–Crippen MR) is 99.5 cm³/mol. The van der Waals surface area contributed by atoms with Crippen molar-refractivity contribution >= 4 is 0 Å². The van der Waals surface area contributed by atoms with Gasteiger partial charge in [0.05, 0.1) is 6.10 Å². The Bertz CT molecular complexity index is 538. The summed E-state index contributed by atoms with van der Waals surface area (Å²) in [5, 5.41) is 15.0. The van der Waals surface area contributed by atoms with Gasteiger partial charge in [-0.1, -0.05) is 6.92 Å². The van der Waals surface area contributed by atoms with Gasteiger partial charge in [-0.2, -0.15) is 5.10 Å². The van der Waals surface area contributed by atoms with E-state index in [0.717, 1.165) is 63.4 Å². The van der Waals surface area contributed by atoms with Crippen molar-refractivity contribution in [1.82, 2.24) is 24.6 Å². The molecule has 0 aromatic carbocycles. The van der Waals surface area contributed by atoms with Crippen molar-refractivity contribution in [3.63, 3.8) is 0 Å². The third kappa shape index (κ3) is 5.50. The van der Waals surface area contributed by atoms with E-state index in [1.807, 2.05) is 13.8 Å². The van der Waals surface area contributed by atoms with Gasteiger partial charge in [-0.05, 0) is 71.0 Å². The lowest BCUT2D eigenvalue weighted by Crippen LogP contribution is -2.46. The molecule has 2 aliphatic heterocycles. The molecule has 3 rings (SSSR count). The number of aromatic nitrogens is 3. The molecule has 1 N–H and O–H groups in total. The fourth-order valence-corrected chi connectivity index (χ4v) is 4.34. The smallest absolute Gasteiger partial charge is 0.147 e. The fourth-order valence-electron chi connectivity index (χ4n) is 4.34. The van der Waals surface area contributed by atoms with E-state index in [4.69, 9.17) is 0 Å². The van der Waals surface area contributed by atoms with E-state index in [0.29, 0.717) is 5.92 Å². The molecular formula is C19H35N5O. The van der Waals surface area contributed by atoms with Crippen LogP contribution in [0.4, 0.5) is 0 Å². The molecule has 0 bridgehead atoms. The number of piperidine rings is 2. The Hall–Kier alpha value is -0.980. The van der Waals surface area contributed by atoms with Crippen molar-refractivity contribution in [2.24, 2.45) is 11.8 Å². The molecule has 142 valence electrons. The highest BCUT2D eigenvalue weighted by Gasteiger charge is 2.24. The lowest BCUT2D eigenvalue weighted by atomic mass is 9.97. The van der Waals surface area contributed by atoms with Crippen LogP contribution in [0.3, 0.4) is 0 Å². The van der Waals surface area contributed by atoms with E-state index < -0.39 is 0 Å². The molecule has 6 nitrogen and oxygen atoms in total. The molecule has 0 spiro atoms. The van der Waals surface area contributed by atoms with Gasteiger partial charge in [0.2, 0.25) is 0 Å². The average molecular weight is 350 g/mol. The SMILES string of the molecule is Cc1nc(C)n(C[C@H]2CCCN(C[C@@H](O)CN3CCC(C)CC3)C2)n1. The first-order chi connectivity index (χ1) is 12.0. The van der Waals surface area contributed by atoms with E-state index in [-0.39, 0.29) is 6.10 Å². The van der Waals surface area contributed by atoms with Crippen LogP contribution < -0.4 is 0 Å². The molecule has 2 fully saturated rings. The van der Waals surface area contributed by atoms with Crippen LogP contribution in [0.5, 0.6) is 0 Å². The molecule has 6 heteroatoms. The van der Waals surface area contributed by atoms with Gasteiger partial charge in [0.15, 0.2) is 0 Å². The van der Waals surface area contributed by atoms with Gasteiger partial charge >= 0.3 is 0 Å². The highest BCUT2D eigenvalue weighted by molar-refractivity contribution is 4.88. The minimum Gasteiger partial charge on any atom is -0.390 e. The molecule has 0 unspecified atom stereocenters. The van der Waals surface area contributed by atoms with Crippen molar-refractivity contribution in [3.05, 3.63) is 11.6 Å². The molecule has 0 amide bonds. The van der Waals surface area contributed by atoms with Gasteiger partial charge in [0.1, 0.15) is 11.6 Å². The zero-order valence-electron chi connectivity index (χ0n) is 16.2. The molecule has 0 radical (unpaired) electrons. The molecule has 25 heavy (non-hydrogen) atoms. The van der Waals surface area contributed by atoms with Gasteiger partial charge < -0.3 is 14.9 Å². The third-order valence-electron chi connectivity index (χ3n) is 5.81.